The SMILES string of the molecule is CCC(=O)OC(CCCCNC(=N)N)CC(=O)NCC(=O)NCCCCN(CCCNC(=O)OC(C)(C)C)C(=O)OC(C)(C)C. The van der Waals surface area contributed by atoms with Crippen molar-refractivity contribution in [1.82, 2.24) is 26.2 Å². The van der Waals surface area contributed by atoms with E-state index in [1.807, 2.05) is 0 Å². The van der Waals surface area contributed by atoms with Crippen molar-refractivity contribution >= 4 is 35.9 Å². The van der Waals surface area contributed by atoms with Crippen molar-refractivity contribution in [3.8, 4) is 0 Å². The van der Waals surface area contributed by atoms with Crippen LogP contribution in [0.15, 0.2) is 0 Å². The number of nitrogens with two attached hydrogens (primary N) is 1. The van der Waals surface area contributed by atoms with E-state index in [0.717, 1.165) is 0 Å². The molecule has 0 radical (unpaired) electrons. The first kappa shape index (κ1) is 41.2. The van der Waals surface area contributed by atoms with Gasteiger partial charge in [-0.15, -0.1) is 0 Å². The number of carbonyl (C=O) groups excluding carboxylic acids is 5. The number of rotatable bonds is 20. The number of esters is 1. The molecule has 0 aliphatic rings. The molecule has 1 atom stereocenters. The lowest BCUT2D eigenvalue weighted by Gasteiger charge is -2.27. The molecule has 0 aliphatic carbocycles. The zero-order chi connectivity index (χ0) is 34.5. The first-order chi connectivity index (χ1) is 20.9. The molecule has 0 heterocycles. The van der Waals surface area contributed by atoms with E-state index in [9.17, 15) is 24.0 Å². The molecule has 260 valence electrons. The van der Waals surface area contributed by atoms with Crippen LogP contribution in [0, 0.1) is 5.41 Å². The molecule has 1 unspecified atom stereocenters. The van der Waals surface area contributed by atoms with Crippen molar-refractivity contribution in [3.05, 3.63) is 0 Å². The van der Waals surface area contributed by atoms with Gasteiger partial charge in [0.15, 0.2) is 5.96 Å². The third-order valence-corrected chi connectivity index (χ3v) is 5.82. The summed E-state index contributed by atoms with van der Waals surface area (Å²) in [5.74, 6) is -1.30. The summed E-state index contributed by atoms with van der Waals surface area (Å²) in [6, 6.07) is 0. The molecule has 0 aliphatic heterocycles. The lowest BCUT2D eigenvalue weighted by atomic mass is 10.1. The van der Waals surface area contributed by atoms with Crippen molar-refractivity contribution in [2.45, 2.75) is 117 Å². The van der Waals surface area contributed by atoms with Crippen LogP contribution in [0.1, 0.15) is 99.8 Å². The summed E-state index contributed by atoms with van der Waals surface area (Å²) in [6.07, 6.45) is 2.03. The van der Waals surface area contributed by atoms with Crippen LogP contribution in [0.25, 0.3) is 0 Å². The molecule has 0 rings (SSSR count). The van der Waals surface area contributed by atoms with E-state index in [1.165, 1.54) is 0 Å². The van der Waals surface area contributed by atoms with Crippen molar-refractivity contribution < 1.29 is 38.2 Å². The van der Waals surface area contributed by atoms with E-state index >= 15 is 0 Å². The average Bonchev–Trinajstić information content (AvgIpc) is 2.90. The monoisotopic (exact) mass is 643 g/mol. The highest BCUT2D eigenvalue weighted by Crippen LogP contribution is 2.12. The standard InChI is InChI=1S/C30H57N7O8/c1-8-25(40)43-22(14-9-10-16-34-26(31)32)20-23(38)36-21-24(39)33-15-11-12-18-37(28(42)45-30(5,6)7)19-13-17-35-27(41)44-29(2,3)4/h22H,8-21H2,1-7H3,(H,33,39)(H,35,41)(H,36,38)(H4,31,32,34). The first-order valence-electron chi connectivity index (χ1n) is 15.7. The molecule has 0 spiro atoms. The Labute approximate surface area is 267 Å². The number of nitrogens with one attached hydrogen (secondary N) is 5. The van der Waals surface area contributed by atoms with Crippen LogP contribution >= 0.6 is 0 Å². The van der Waals surface area contributed by atoms with E-state index in [2.05, 4.69) is 21.3 Å². The summed E-state index contributed by atoms with van der Waals surface area (Å²) in [5.41, 5.74) is 4.00. The highest BCUT2D eigenvalue weighted by atomic mass is 16.6. The summed E-state index contributed by atoms with van der Waals surface area (Å²) in [5, 5.41) is 17.8. The van der Waals surface area contributed by atoms with Crippen molar-refractivity contribution in [2.75, 3.05) is 39.3 Å². The minimum absolute atomic E-state index is 0.0625. The molecule has 0 saturated heterocycles. The molecule has 0 fully saturated rings. The third-order valence-electron chi connectivity index (χ3n) is 5.82. The van der Waals surface area contributed by atoms with E-state index in [1.54, 1.807) is 53.4 Å². The molecule has 7 N–H and O–H groups in total. The lowest BCUT2D eigenvalue weighted by Crippen LogP contribution is -2.40. The largest absolute Gasteiger partial charge is 0.462 e. The molecule has 4 amide bonds. The topological polar surface area (TPSA) is 214 Å². The molecule has 0 aromatic carbocycles. The van der Waals surface area contributed by atoms with E-state index < -0.39 is 41.4 Å². The van der Waals surface area contributed by atoms with Gasteiger partial charge in [-0.05, 0) is 80.1 Å². The quantitative estimate of drug-likeness (QED) is 0.0375. The zero-order valence-corrected chi connectivity index (χ0v) is 28.3. The number of guanidine groups is 1. The molecule has 45 heavy (non-hydrogen) atoms. The van der Waals surface area contributed by atoms with Crippen LogP contribution in [0.3, 0.4) is 0 Å². The van der Waals surface area contributed by atoms with Gasteiger partial charge in [0, 0.05) is 39.1 Å². The molecule has 0 aromatic heterocycles. The Hall–Kier alpha value is -3.78. The highest BCUT2D eigenvalue weighted by molar-refractivity contribution is 5.85. The lowest BCUT2D eigenvalue weighted by molar-refractivity contribution is -0.150. The van der Waals surface area contributed by atoms with Gasteiger partial charge in [0.25, 0.3) is 0 Å². The van der Waals surface area contributed by atoms with Gasteiger partial charge >= 0.3 is 18.2 Å². The summed E-state index contributed by atoms with van der Waals surface area (Å²) >= 11 is 0. The van der Waals surface area contributed by atoms with Crippen molar-refractivity contribution in [3.63, 3.8) is 0 Å². The predicted molar refractivity (Wildman–Crippen MR) is 170 cm³/mol. The maximum absolute atomic E-state index is 12.7. The van der Waals surface area contributed by atoms with Crippen LogP contribution in [-0.2, 0) is 28.6 Å². The number of hydrogen-bond acceptors (Lipinski definition) is 9. The Morgan fingerprint density at radius 3 is 1.93 bits per heavy atom. The molecular formula is C30H57N7O8. The fourth-order valence-corrected chi connectivity index (χ4v) is 3.76. The van der Waals surface area contributed by atoms with E-state index in [4.69, 9.17) is 25.4 Å². The minimum atomic E-state index is -0.659. The van der Waals surface area contributed by atoms with Crippen molar-refractivity contribution in [2.24, 2.45) is 5.73 Å². The fourth-order valence-electron chi connectivity index (χ4n) is 3.76. The number of alkyl carbamates (subject to hydrolysis) is 1. The Kier molecular flexibility index (Phi) is 20.0. The van der Waals surface area contributed by atoms with Gasteiger partial charge in [-0.25, -0.2) is 9.59 Å². The number of hydrogen-bond donors (Lipinski definition) is 6. The molecule has 0 aromatic rings. The second-order valence-corrected chi connectivity index (χ2v) is 12.6. The highest BCUT2D eigenvalue weighted by Gasteiger charge is 2.22. The predicted octanol–water partition coefficient (Wildman–Crippen LogP) is 2.52. The molecule has 15 heteroatoms. The van der Waals surface area contributed by atoms with Crippen LogP contribution in [0.5, 0.6) is 0 Å². The first-order valence-corrected chi connectivity index (χ1v) is 15.7. The maximum atomic E-state index is 12.7. The number of carbonyl (C=O) groups is 5. The van der Waals surface area contributed by atoms with Gasteiger partial charge in [-0.1, -0.05) is 6.92 Å². The number of amides is 4. The van der Waals surface area contributed by atoms with E-state index in [0.29, 0.717) is 71.2 Å². The Balaban J connectivity index is 4.54. The summed E-state index contributed by atoms with van der Waals surface area (Å²) < 4.78 is 16.1. The van der Waals surface area contributed by atoms with Crippen LogP contribution in [0.4, 0.5) is 9.59 Å². The van der Waals surface area contributed by atoms with Gasteiger partial charge in [-0.3, -0.25) is 19.8 Å². The molecule has 0 saturated carbocycles. The number of unbranched alkanes of at least 4 members (excludes halogenated alkanes) is 2. The van der Waals surface area contributed by atoms with Crippen molar-refractivity contribution in [1.29, 1.82) is 5.41 Å². The second-order valence-electron chi connectivity index (χ2n) is 12.6. The molecule has 0 bridgehead atoms. The molecule has 15 nitrogen and oxygen atoms in total. The van der Waals surface area contributed by atoms with Gasteiger partial charge in [0.1, 0.15) is 17.3 Å². The maximum Gasteiger partial charge on any atom is 0.410 e. The Morgan fingerprint density at radius 2 is 1.33 bits per heavy atom. The Bertz CT molecular complexity index is 948. The number of ether oxygens (including phenoxy) is 3. The zero-order valence-electron chi connectivity index (χ0n) is 28.3. The van der Waals surface area contributed by atoms with Crippen LogP contribution in [0.2, 0.25) is 0 Å². The van der Waals surface area contributed by atoms with Gasteiger partial charge in [-0.2, -0.15) is 0 Å². The second kappa shape index (κ2) is 21.8. The van der Waals surface area contributed by atoms with E-state index in [-0.39, 0.29) is 31.3 Å². The Morgan fingerprint density at radius 1 is 0.756 bits per heavy atom. The smallest absolute Gasteiger partial charge is 0.410 e. The normalized spacial score (nSPS) is 11.9. The fraction of sp³-hybridized carbons (Fsp3) is 0.800. The van der Waals surface area contributed by atoms with Crippen LogP contribution < -0.4 is 27.0 Å². The van der Waals surface area contributed by atoms with Crippen LogP contribution in [-0.4, -0.2) is 97.4 Å². The minimum Gasteiger partial charge on any atom is -0.462 e. The van der Waals surface area contributed by atoms with Gasteiger partial charge in [0.05, 0.1) is 13.0 Å². The van der Waals surface area contributed by atoms with Gasteiger partial charge < -0.3 is 46.1 Å². The third kappa shape index (κ3) is 25.3. The summed E-state index contributed by atoms with van der Waals surface area (Å²) in [6.45, 7) is 14.1. The summed E-state index contributed by atoms with van der Waals surface area (Å²) in [7, 11) is 0. The average molecular weight is 644 g/mol. The van der Waals surface area contributed by atoms with Gasteiger partial charge in [0.2, 0.25) is 11.8 Å². The molecular weight excluding hydrogens is 586 g/mol. The number of nitrogens with zero attached hydrogens (tertiary/aromatic N) is 1. The summed E-state index contributed by atoms with van der Waals surface area (Å²) in [4.78, 5) is 62.6.